The Bertz CT molecular complexity index is 971. The van der Waals surface area contributed by atoms with E-state index in [0.717, 1.165) is 16.0 Å². The average molecular weight is 382 g/mol. The van der Waals surface area contributed by atoms with Crippen molar-refractivity contribution in [1.29, 1.82) is 0 Å². The third kappa shape index (κ3) is 3.68. The Morgan fingerprint density at radius 3 is 2.43 bits per heavy atom. The molecule has 1 aliphatic heterocycles. The predicted octanol–water partition coefficient (Wildman–Crippen LogP) is 2.52. The fraction of sp³-hybridized carbons (Fsp3) is 0.211. The Balaban J connectivity index is 1.79. The first-order valence-corrected chi connectivity index (χ1v) is 8.52. The van der Waals surface area contributed by atoms with E-state index in [1.165, 1.54) is 24.3 Å². The van der Waals surface area contributed by atoms with Gasteiger partial charge in [0.25, 0.3) is 5.69 Å². The van der Waals surface area contributed by atoms with Crippen molar-refractivity contribution in [2.75, 3.05) is 16.8 Å². The molecule has 1 fully saturated rings. The zero-order valence-corrected chi connectivity index (χ0v) is 15.3. The van der Waals surface area contributed by atoms with E-state index in [9.17, 15) is 24.5 Å². The second-order valence-electron chi connectivity index (χ2n) is 6.47. The number of urea groups is 1. The van der Waals surface area contributed by atoms with Crippen molar-refractivity contribution in [2.45, 2.75) is 13.8 Å². The monoisotopic (exact) mass is 382 g/mol. The van der Waals surface area contributed by atoms with Crippen molar-refractivity contribution in [3.8, 4) is 0 Å². The smallest absolute Gasteiger partial charge is 0.328 e. The summed E-state index contributed by atoms with van der Waals surface area (Å²) in [5, 5.41) is 15.8. The lowest BCUT2D eigenvalue weighted by Gasteiger charge is -2.31. The van der Waals surface area contributed by atoms with E-state index in [1.807, 2.05) is 13.8 Å². The summed E-state index contributed by atoms with van der Waals surface area (Å²) in [5.74, 6) is -2.35. The summed E-state index contributed by atoms with van der Waals surface area (Å²) in [4.78, 5) is 48.7. The lowest BCUT2D eigenvalue weighted by molar-refractivity contribution is -0.384. The molecular weight excluding hydrogens is 364 g/mol. The number of hydrogen-bond acceptors (Lipinski definition) is 5. The molecule has 1 unspecified atom stereocenters. The van der Waals surface area contributed by atoms with Crippen molar-refractivity contribution >= 4 is 34.9 Å². The topological polar surface area (TPSA) is 122 Å². The van der Waals surface area contributed by atoms with Crippen molar-refractivity contribution in [3.05, 3.63) is 63.7 Å². The van der Waals surface area contributed by atoms with Crippen LogP contribution in [0.2, 0.25) is 0 Å². The largest absolute Gasteiger partial charge is 0.336 e. The van der Waals surface area contributed by atoms with Gasteiger partial charge in [-0.2, -0.15) is 0 Å². The van der Waals surface area contributed by atoms with Gasteiger partial charge in [-0.05, 0) is 49.2 Å². The molecule has 1 aliphatic rings. The summed E-state index contributed by atoms with van der Waals surface area (Å²) >= 11 is 0. The third-order valence-electron chi connectivity index (χ3n) is 4.59. The Morgan fingerprint density at radius 1 is 1.14 bits per heavy atom. The molecule has 1 atom stereocenters. The molecule has 4 amide bonds. The first-order valence-electron chi connectivity index (χ1n) is 8.52. The van der Waals surface area contributed by atoms with Crippen molar-refractivity contribution in [2.24, 2.45) is 5.92 Å². The van der Waals surface area contributed by atoms with Crippen LogP contribution in [0.5, 0.6) is 0 Å². The highest BCUT2D eigenvalue weighted by Crippen LogP contribution is 2.24. The van der Waals surface area contributed by atoms with Gasteiger partial charge < -0.3 is 10.6 Å². The van der Waals surface area contributed by atoms with Gasteiger partial charge in [-0.3, -0.25) is 19.7 Å². The Kier molecular flexibility index (Phi) is 5.08. The van der Waals surface area contributed by atoms with Gasteiger partial charge in [0.05, 0.1) is 10.6 Å². The second-order valence-corrected chi connectivity index (χ2v) is 6.47. The third-order valence-corrected chi connectivity index (χ3v) is 4.59. The maximum Gasteiger partial charge on any atom is 0.328 e. The maximum absolute atomic E-state index is 12.8. The molecular formula is C19H18N4O5. The minimum atomic E-state index is -1.12. The molecule has 2 aromatic carbocycles. The molecule has 2 aromatic rings. The highest BCUT2D eigenvalue weighted by molar-refractivity contribution is 6.23. The Morgan fingerprint density at radius 2 is 1.82 bits per heavy atom. The Hall–Kier alpha value is -3.75. The van der Waals surface area contributed by atoms with Gasteiger partial charge in [0.2, 0.25) is 11.8 Å². The molecule has 0 aliphatic carbocycles. The molecule has 0 radical (unpaired) electrons. The fourth-order valence-electron chi connectivity index (χ4n) is 2.82. The van der Waals surface area contributed by atoms with Crippen LogP contribution in [0.1, 0.15) is 11.1 Å². The van der Waals surface area contributed by atoms with Crippen LogP contribution in [-0.4, -0.2) is 29.3 Å². The molecule has 0 saturated carbocycles. The molecule has 9 heteroatoms. The van der Waals surface area contributed by atoms with Crippen LogP contribution in [0.15, 0.2) is 42.5 Å². The number of benzene rings is 2. The number of carbonyl (C=O) groups is 3. The SMILES string of the molecule is Cc1ccc(N2C(=O)NCC(C(=O)Nc3ccc([N+](=O)[O-])cc3)C2=O)cc1C. The summed E-state index contributed by atoms with van der Waals surface area (Å²) in [7, 11) is 0. The number of non-ortho nitro benzene ring substituents is 1. The zero-order chi connectivity index (χ0) is 20.4. The summed E-state index contributed by atoms with van der Waals surface area (Å²) in [6.45, 7) is 3.65. The van der Waals surface area contributed by atoms with Crippen LogP contribution in [0.25, 0.3) is 0 Å². The molecule has 0 bridgehead atoms. The number of imide groups is 1. The van der Waals surface area contributed by atoms with Gasteiger partial charge >= 0.3 is 6.03 Å². The quantitative estimate of drug-likeness (QED) is 0.478. The van der Waals surface area contributed by atoms with Crippen molar-refractivity contribution < 1.29 is 19.3 Å². The van der Waals surface area contributed by atoms with Crippen molar-refractivity contribution in [3.63, 3.8) is 0 Å². The van der Waals surface area contributed by atoms with Gasteiger partial charge in [0, 0.05) is 24.4 Å². The van der Waals surface area contributed by atoms with Crippen LogP contribution < -0.4 is 15.5 Å². The number of nitrogens with one attached hydrogen (secondary N) is 2. The highest BCUT2D eigenvalue weighted by Gasteiger charge is 2.39. The molecule has 2 N–H and O–H groups in total. The molecule has 28 heavy (non-hydrogen) atoms. The van der Waals surface area contributed by atoms with Crippen LogP contribution in [0.3, 0.4) is 0 Å². The number of rotatable bonds is 4. The van der Waals surface area contributed by atoms with E-state index in [0.29, 0.717) is 11.4 Å². The summed E-state index contributed by atoms with van der Waals surface area (Å²) in [6.07, 6.45) is 0. The molecule has 1 heterocycles. The summed E-state index contributed by atoms with van der Waals surface area (Å²) in [6, 6.07) is 9.83. The van der Waals surface area contributed by atoms with E-state index in [4.69, 9.17) is 0 Å². The number of amides is 4. The van der Waals surface area contributed by atoms with Gasteiger partial charge in [0.1, 0.15) is 5.92 Å². The minimum Gasteiger partial charge on any atom is -0.336 e. The second kappa shape index (κ2) is 7.47. The summed E-state index contributed by atoms with van der Waals surface area (Å²) in [5.41, 5.74) is 2.52. The molecule has 0 aromatic heterocycles. The zero-order valence-electron chi connectivity index (χ0n) is 15.3. The van der Waals surface area contributed by atoms with E-state index in [-0.39, 0.29) is 12.2 Å². The lowest BCUT2D eigenvalue weighted by Crippen LogP contribution is -2.58. The predicted molar refractivity (Wildman–Crippen MR) is 102 cm³/mol. The lowest BCUT2D eigenvalue weighted by atomic mass is 10.0. The maximum atomic E-state index is 12.8. The normalized spacial score (nSPS) is 16.5. The van der Waals surface area contributed by atoms with Gasteiger partial charge in [-0.15, -0.1) is 0 Å². The molecule has 0 spiro atoms. The van der Waals surface area contributed by atoms with Gasteiger partial charge in [0.15, 0.2) is 0 Å². The average Bonchev–Trinajstić information content (AvgIpc) is 2.65. The number of nitro benzene ring substituents is 1. The Labute approximate surface area is 160 Å². The number of aryl methyl sites for hydroxylation is 2. The standard InChI is InChI=1S/C19H18N4O5/c1-11-3-6-15(9-12(11)2)22-18(25)16(10-20-19(22)26)17(24)21-13-4-7-14(8-5-13)23(27)28/h3-9,16H,10H2,1-2H3,(H,20,26)(H,21,24). The van der Waals surface area contributed by atoms with Crippen LogP contribution >= 0.6 is 0 Å². The summed E-state index contributed by atoms with van der Waals surface area (Å²) < 4.78 is 0. The number of nitro groups is 1. The van der Waals surface area contributed by atoms with Gasteiger partial charge in [-0.25, -0.2) is 9.69 Å². The molecule has 3 rings (SSSR count). The molecule has 9 nitrogen and oxygen atoms in total. The highest BCUT2D eigenvalue weighted by atomic mass is 16.6. The first kappa shape index (κ1) is 19.0. The van der Waals surface area contributed by atoms with E-state index < -0.39 is 28.7 Å². The van der Waals surface area contributed by atoms with Crippen LogP contribution in [-0.2, 0) is 9.59 Å². The fourth-order valence-corrected chi connectivity index (χ4v) is 2.82. The van der Waals surface area contributed by atoms with Crippen LogP contribution in [0.4, 0.5) is 21.9 Å². The van der Waals surface area contributed by atoms with Gasteiger partial charge in [-0.1, -0.05) is 6.07 Å². The number of hydrogen-bond donors (Lipinski definition) is 2. The van der Waals surface area contributed by atoms with E-state index in [1.54, 1.807) is 18.2 Å². The van der Waals surface area contributed by atoms with E-state index in [2.05, 4.69) is 10.6 Å². The van der Waals surface area contributed by atoms with Crippen molar-refractivity contribution in [1.82, 2.24) is 5.32 Å². The van der Waals surface area contributed by atoms with E-state index >= 15 is 0 Å². The molecule has 1 saturated heterocycles. The minimum absolute atomic E-state index is 0.111. The number of carbonyl (C=O) groups excluding carboxylic acids is 3. The van der Waals surface area contributed by atoms with Crippen LogP contribution in [0, 0.1) is 29.9 Å². The molecule has 144 valence electrons. The number of anilines is 2. The first-order chi connectivity index (χ1) is 13.3. The number of nitrogens with zero attached hydrogens (tertiary/aromatic N) is 2.